The van der Waals surface area contributed by atoms with Crippen LogP contribution in [0.2, 0.25) is 5.02 Å². The zero-order valence-corrected chi connectivity index (χ0v) is 10.7. The summed E-state index contributed by atoms with van der Waals surface area (Å²) in [6.45, 7) is 0. The highest BCUT2D eigenvalue weighted by molar-refractivity contribution is 6.30. The van der Waals surface area contributed by atoms with Gasteiger partial charge in [0.05, 0.1) is 0 Å². The van der Waals surface area contributed by atoms with Crippen molar-refractivity contribution in [1.29, 1.82) is 0 Å². The van der Waals surface area contributed by atoms with Crippen molar-refractivity contribution in [2.75, 3.05) is 7.05 Å². The lowest BCUT2D eigenvalue weighted by Crippen LogP contribution is -2.46. The zero-order valence-electron chi connectivity index (χ0n) is 9.93. The Balaban J connectivity index is 2.11. The fraction of sp³-hybridized carbons (Fsp3) is 0.571. The van der Waals surface area contributed by atoms with Crippen LogP contribution < -0.4 is 5.32 Å². The van der Waals surface area contributed by atoms with E-state index in [2.05, 4.69) is 24.5 Å². The Morgan fingerprint density at radius 2 is 2.00 bits per heavy atom. The first-order valence-electron chi connectivity index (χ1n) is 6.17. The molecule has 0 heterocycles. The second kappa shape index (κ2) is 5.20. The van der Waals surface area contributed by atoms with Crippen LogP contribution in [0.25, 0.3) is 0 Å². The zero-order chi connectivity index (χ0) is 11.4. The molecule has 0 saturated heterocycles. The number of halogens is 1. The predicted molar refractivity (Wildman–Crippen MR) is 70.0 cm³/mol. The van der Waals surface area contributed by atoms with Gasteiger partial charge in [-0.1, -0.05) is 43.0 Å². The van der Waals surface area contributed by atoms with Gasteiger partial charge in [0.2, 0.25) is 0 Å². The monoisotopic (exact) mass is 237 g/mol. The van der Waals surface area contributed by atoms with Crippen LogP contribution >= 0.6 is 11.6 Å². The van der Waals surface area contributed by atoms with Gasteiger partial charge in [0.15, 0.2) is 0 Å². The van der Waals surface area contributed by atoms with Gasteiger partial charge in [0, 0.05) is 10.6 Å². The molecule has 0 aliphatic heterocycles. The first-order valence-corrected chi connectivity index (χ1v) is 6.55. The van der Waals surface area contributed by atoms with E-state index in [9.17, 15) is 0 Å². The van der Waals surface area contributed by atoms with Crippen LogP contribution in [0.3, 0.4) is 0 Å². The molecule has 0 radical (unpaired) electrons. The number of likely N-dealkylation sites (N-methyl/N-ethyl adjacent to an activating group) is 1. The van der Waals surface area contributed by atoms with Gasteiger partial charge in [-0.2, -0.15) is 0 Å². The third-order valence-corrected chi connectivity index (χ3v) is 4.01. The smallest absolute Gasteiger partial charge is 0.0408 e. The van der Waals surface area contributed by atoms with Gasteiger partial charge in [-0.25, -0.2) is 0 Å². The predicted octanol–water partition coefficient (Wildman–Crippen LogP) is 3.80. The van der Waals surface area contributed by atoms with Crippen LogP contribution in [-0.4, -0.2) is 12.6 Å². The van der Waals surface area contributed by atoms with Crippen LogP contribution in [0.1, 0.15) is 37.7 Å². The highest BCUT2D eigenvalue weighted by atomic mass is 35.5. The molecule has 1 nitrogen and oxygen atoms in total. The summed E-state index contributed by atoms with van der Waals surface area (Å²) in [4.78, 5) is 0. The Bertz CT molecular complexity index is 342. The molecule has 16 heavy (non-hydrogen) atoms. The summed E-state index contributed by atoms with van der Waals surface area (Å²) < 4.78 is 0. The lowest BCUT2D eigenvalue weighted by molar-refractivity contribution is 0.245. The molecule has 1 saturated carbocycles. The fourth-order valence-corrected chi connectivity index (χ4v) is 2.99. The summed E-state index contributed by atoms with van der Waals surface area (Å²) in [5.41, 5.74) is 1.66. The second-order valence-corrected chi connectivity index (χ2v) is 5.33. The van der Waals surface area contributed by atoms with E-state index < -0.39 is 0 Å². The van der Waals surface area contributed by atoms with Crippen LogP contribution in [0, 0.1) is 0 Å². The molecule has 2 rings (SSSR count). The van der Waals surface area contributed by atoms with Gasteiger partial charge in [-0.3, -0.25) is 0 Å². The molecule has 0 atom stereocenters. The maximum atomic E-state index is 6.03. The summed E-state index contributed by atoms with van der Waals surface area (Å²) in [5.74, 6) is 0. The largest absolute Gasteiger partial charge is 0.314 e. The maximum Gasteiger partial charge on any atom is 0.0408 e. The van der Waals surface area contributed by atoms with E-state index >= 15 is 0 Å². The minimum Gasteiger partial charge on any atom is -0.314 e. The second-order valence-electron chi connectivity index (χ2n) is 4.90. The molecule has 1 aromatic rings. The number of hydrogen-bond donors (Lipinski definition) is 1. The molecular weight excluding hydrogens is 218 g/mol. The quantitative estimate of drug-likeness (QED) is 0.843. The van der Waals surface area contributed by atoms with Crippen molar-refractivity contribution >= 4 is 11.6 Å². The van der Waals surface area contributed by atoms with Crippen molar-refractivity contribution < 1.29 is 0 Å². The number of benzene rings is 1. The summed E-state index contributed by atoms with van der Waals surface area (Å²) in [5, 5.41) is 4.39. The molecule has 0 bridgehead atoms. The molecule has 1 N–H and O–H groups in total. The Kier molecular flexibility index (Phi) is 3.88. The molecule has 1 aromatic carbocycles. The van der Waals surface area contributed by atoms with Crippen LogP contribution in [0.5, 0.6) is 0 Å². The summed E-state index contributed by atoms with van der Waals surface area (Å²) in [6.07, 6.45) is 7.76. The Morgan fingerprint density at radius 3 is 2.62 bits per heavy atom. The van der Waals surface area contributed by atoms with Gasteiger partial charge in [-0.05, 0) is 44.0 Å². The van der Waals surface area contributed by atoms with E-state index in [4.69, 9.17) is 11.6 Å². The van der Waals surface area contributed by atoms with Gasteiger partial charge in [-0.15, -0.1) is 0 Å². The molecular formula is C14H20ClN. The van der Waals surface area contributed by atoms with E-state index in [0.717, 1.165) is 11.4 Å². The van der Waals surface area contributed by atoms with Crippen molar-refractivity contribution in [2.24, 2.45) is 0 Å². The Labute approximate surface area is 103 Å². The van der Waals surface area contributed by atoms with Crippen LogP contribution in [0.15, 0.2) is 24.3 Å². The third kappa shape index (κ3) is 2.78. The lowest BCUT2D eigenvalue weighted by Gasteiger charge is -2.37. The van der Waals surface area contributed by atoms with E-state index in [0.29, 0.717) is 5.54 Å². The van der Waals surface area contributed by atoms with E-state index in [1.54, 1.807) is 0 Å². The van der Waals surface area contributed by atoms with Gasteiger partial charge in [0.25, 0.3) is 0 Å². The third-order valence-electron chi connectivity index (χ3n) is 3.77. The van der Waals surface area contributed by atoms with Crippen molar-refractivity contribution in [3.63, 3.8) is 0 Å². The number of nitrogens with one attached hydrogen (secondary N) is 1. The number of hydrogen-bond acceptors (Lipinski definition) is 1. The first-order chi connectivity index (χ1) is 7.74. The molecule has 1 aliphatic carbocycles. The molecule has 0 spiro atoms. The summed E-state index contributed by atoms with van der Waals surface area (Å²) in [6, 6.07) is 8.26. The van der Waals surface area contributed by atoms with Gasteiger partial charge >= 0.3 is 0 Å². The van der Waals surface area contributed by atoms with Gasteiger partial charge in [0.1, 0.15) is 0 Å². The summed E-state index contributed by atoms with van der Waals surface area (Å²) in [7, 11) is 2.09. The molecule has 2 heteroatoms. The van der Waals surface area contributed by atoms with Crippen molar-refractivity contribution in [3.05, 3.63) is 34.9 Å². The molecule has 88 valence electrons. The minimum absolute atomic E-state index is 0.308. The Morgan fingerprint density at radius 1 is 1.25 bits per heavy atom. The summed E-state index contributed by atoms with van der Waals surface area (Å²) >= 11 is 6.03. The normalized spacial score (nSPS) is 19.6. The SMILES string of the molecule is CNC1(Cc2cccc(Cl)c2)CCCCC1. The number of rotatable bonds is 3. The van der Waals surface area contributed by atoms with E-state index in [1.165, 1.54) is 37.7 Å². The highest BCUT2D eigenvalue weighted by Gasteiger charge is 2.30. The average molecular weight is 238 g/mol. The van der Waals surface area contributed by atoms with Crippen LogP contribution in [-0.2, 0) is 6.42 Å². The minimum atomic E-state index is 0.308. The fourth-order valence-electron chi connectivity index (χ4n) is 2.78. The molecule has 1 aliphatic rings. The molecule has 1 fully saturated rings. The standard InChI is InChI=1S/C14H20ClN/c1-16-14(8-3-2-4-9-14)11-12-6-5-7-13(15)10-12/h5-7,10,16H,2-4,8-9,11H2,1H3. The van der Waals surface area contributed by atoms with E-state index in [-0.39, 0.29) is 0 Å². The van der Waals surface area contributed by atoms with Crippen molar-refractivity contribution in [3.8, 4) is 0 Å². The van der Waals surface area contributed by atoms with Gasteiger partial charge < -0.3 is 5.32 Å². The molecule has 0 unspecified atom stereocenters. The van der Waals surface area contributed by atoms with Crippen molar-refractivity contribution in [2.45, 2.75) is 44.1 Å². The van der Waals surface area contributed by atoms with E-state index in [1.807, 2.05) is 12.1 Å². The van der Waals surface area contributed by atoms with Crippen molar-refractivity contribution in [1.82, 2.24) is 5.32 Å². The molecule has 0 aromatic heterocycles. The maximum absolute atomic E-state index is 6.03. The average Bonchev–Trinajstić information content (AvgIpc) is 2.30. The first kappa shape index (κ1) is 11.9. The topological polar surface area (TPSA) is 12.0 Å². The highest BCUT2D eigenvalue weighted by Crippen LogP contribution is 2.31. The Hall–Kier alpha value is -0.530. The van der Waals surface area contributed by atoms with Crippen LogP contribution in [0.4, 0.5) is 0 Å². The lowest BCUT2D eigenvalue weighted by atomic mass is 9.77. The molecule has 0 amide bonds.